The summed E-state index contributed by atoms with van der Waals surface area (Å²) in [5, 5.41) is 21.6. The molecule has 11 nitrogen and oxygen atoms in total. The number of anilines is 1. The predicted molar refractivity (Wildman–Crippen MR) is 145 cm³/mol. The second-order valence-corrected chi connectivity index (χ2v) is 8.19. The van der Waals surface area contributed by atoms with E-state index in [4.69, 9.17) is 29.8 Å². The van der Waals surface area contributed by atoms with E-state index >= 15 is 0 Å². The molecule has 0 saturated carbocycles. The van der Waals surface area contributed by atoms with E-state index in [1.165, 1.54) is 56.7 Å². The molecule has 3 aromatic rings. The standard InChI is InChI=1S/C28H30FN3O8/c1-4-39-23-14-19(20(29)15-24(23)40-12-11-33)25(28(35)36)31-18-8-5-16(6-9-18)26(30)32-27(34)17-7-10-21(37-2)22(13-17)38-3/h5-10,13-15,25,31,33H,4,11-12H2,1-3H3,(H,35,36)(H2,30,32,34). The largest absolute Gasteiger partial charge is 0.493 e. The van der Waals surface area contributed by atoms with Gasteiger partial charge >= 0.3 is 5.97 Å². The lowest BCUT2D eigenvalue weighted by Crippen LogP contribution is -2.22. The average molecular weight is 556 g/mol. The number of aliphatic carboxylic acids is 1. The fourth-order valence-electron chi connectivity index (χ4n) is 3.69. The van der Waals surface area contributed by atoms with Gasteiger partial charge in [0.1, 0.15) is 18.3 Å². The predicted octanol–water partition coefficient (Wildman–Crippen LogP) is 3.40. The number of ether oxygens (including phenoxy) is 4. The van der Waals surface area contributed by atoms with Gasteiger partial charge in [-0.3, -0.25) is 4.79 Å². The fraction of sp³-hybridized carbons (Fsp3) is 0.250. The molecule has 0 saturated heterocycles. The Morgan fingerprint density at radius 2 is 1.60 bits per heavy atom. The van der Waals surface area contributed by atoms with E-state index in [0.29, 0.717) is 22.7 Å². The number of aliphatic hydroxyl groups is 1. The van der Waals surface area contributed by atoms with Crippen molar-refractivity contribution in [2.24, 2.45) is 10.7 Å². The second-order valence-electron chi connectivity index (χ2n) is 8.19. The zero-order valence-corrected chi connectivity index (χ0v) is 22.1. The van der Waals surface area contributed by atoms with Gasteiger partial charge in [-0.15, -0.1) is 0 Å². The van der Waals surface area contributed by atoms with E-state index < -0.39 is 23.7 Å². The molecule has 0 aromatic heterocycles. The van der Waals surface area contributed by atoms with E-state index in [2.05, 4.69) is 10.3 Å². The fourth-order valence-corrected chi connectivity index (χ4v) is 3.69. The molecular weight excluding hydrogens is 525 g/mol. The number of nitrogens with one attached hydrogen (secondary N) is 1. The molecule has 0 aliphatic heterocycles. The molecule has 0 heterocycles. The molecule has 0 fully saturated rings. The molecular formula is C28H30FN3O8. The summed E-state index contributed by atoms with van der Waals surface area (Å²) in [7, 11) is 2.93. The number of carbonyl (C=O) groups excluding carboxylic acids is 1. The number of carboxylic acid groups (broad SMARTS) is 1. The number of nitrogens with zero attached hydrogens (tertiary/aromatic N) is 1. The maximum Gasteiger partial charge on any atom is 0.330 e. The summed E-state index contributed by atoms with van der Waals surface area (Å²) in [4.78, 5) is 28.6. The second kappa shape index (κ2) is 13.8. The monoisotopic (exact) mass is 555 g/mol. The summed E-state index contributed by atoms with van der Waals surface area (Å²) in [6.07, 6.45) is 0. The van der Waals surface area contributed by atoms with Crippen molar-refractivity contribution in [2.75, 3.05) is 39.4 Å². The summed E-state index contributed by atoms with van der Waals surface area (Å²) in [6, 6.07) is 11.5. The zero-order valence-electron chi connectivity index (χ0n) is 22.1. The van der Waals surface area contributed by atoms with Crippen LogP contribution in [0.4, 0.5) is 10.1 Å². The summed E-state index contributed by atoms with van der Waals surface area (Å²) >= 11 is 0. The zero-order chi connectivity index (χ0) is 29.2. The van der Waals surface area contributed by atoms with E-state index in [9.17, 15) is 19.1 Å². The number of hydrogen-bond donors (Lipinski definition) is 4. The lowest BCUT2D eigenvalue weighted by atomic mass is 10.0. The molecule has 0 radical (unpaired) electrons. The smallest absolute Gasteiger partial charge is 0.330 e. The number of benzene rings is 3. The molecule has 0 bridgehead atoms. The first-order valence-electron chi connectivity index (χ1n) is 12.1. The van der Waals surface area contributed by atoms with Gasteiger partial charge in [0, 0.05) is 28.4 Å². The van der Waals surface area contributed by atoms with Crippen molar-refractivity contribution >= 4 is 23.4 Å². The molecule has 0 aliphatic rings. The van der Waals surface area contributed by atoms with Crippen molar-refractivity contribution in [3.63, 3.8) is 0 Å². The van der Waals surface area contributed by atoms with Crippen LogP contribution < -0.4 is 30.0 Å². The Kier molecular flexibility index (Phi) is 10.3. The third kappa shape index (κ3) is 7.17. The van der Waals surface area contributed by atoms with Crippen LogP contribution in [0, 0.1) is 5.82 Å². The Bertz CT molecular complexity index is 1380. The van der Waals surface area contributed by atoms with Crippen molar-refractivity contribution in [3.05, 3.63) is 77.1 Å². The van der Waals surface area contributed by atoms with Crippen molar-refractivity contribution in [1.82, 2.24) is 0 Å². The van der Waals surface area contributed by atoms with Gasteiger partial charge in [0.15, 0.2) is 29.0 Å². The van der Waals surface area contributed by atoms with Crippen molar-refractivity contribution in [2.45, 2.75) is 13.0 Å². The first-order valence-corrected chi connectivity index (χ1v) is 12.1. The number of hydrogen-bond acceptors (Lipinski definition) is 8. The number of halogens is 1. The number of aliphatic hydroxyl groups excluding tert-OH is 1. The van der Waals surface area contributed by atoms with Crippen LogP contribution >= 0.6 is 0 Å². The molecule has 12 heteroatoms. The van der Waals surface area contributed by atoms with E-state index in [0.717, 1.165) is 6.07 Å². The average Bonchev–Trinajstić information content (AvgIpc) is 2.95. The van der Waals surface area contributed by atoms with E-state index in [-0.39, 0.29) is 48.3 Å². The number of amidine groups is 1. The molecule has 0 spiro atoms. The Labute approximate surface area is 230 Å². The van der Waals surface area contributed by atoms with Crippen molar-refractivity contribution < 1.29 is 43.1 Å². The molecule has 3 rings (SSSR count). The van der Waals surface area contributed by atoms with Gasteiger partial charge in [0.05, 0.1) is 27.4 Å². The first kappa shape index (κ1) is 29.7. The normalized spacial score (nSPS) is 11.9. The lowest BCUT2D eigenvalue weighted by molar-refractivity contribution is -0.138. The van der Waals surface area contributed by atoms with Crippen LogP contribution in [0.1, 0.15) is 34.5 Å². The van der Waals surface area contributed by atoms with Crippen LogP contribution in [0.25, 0.3) is 0 Å². The van der Waals surface area contributed by atoms with Crippen LogP contribution in [0.3, 0.4) is 0 Å². The van der Waals surface area contributed by atoms with Gasteiger partial charge < -0.3 is 40.2 Å². The van der Waals surface area contributed by atoms with Gasteiger partial charge in [0.25, 0.3) is 5.91 Å². The Hall–Kier alpha value is -4.84. The molecule has 1 unspecified atom stereocenters. The third-order valence-corrected chi connectivity index (χ3v) is 5.61. The number of carbonyl (C=O) groups is 2. The highest BCUT2D eigenvalue weighted by atomic mass is 19.1. The number of methoxy groups -OCH3 is 2. The highest BCUT2D eigenvalue weighted by molar-refractivity contribution is 6.09. The highest BCUT2D eigenvalue weighted by Crippen LogP contribution is 2.34. The maximum atomic E-state index is 15.0. The molecule has 3 aromatic carbocycles. The Morgan fingerprint density at radius 3 is 2.20 bits per heavy atom. The molecule has 1 amide bonds. The van der Waals surface area contributed by atoms with Gasteiger partial charge in [-0.05, 0) is 55.5 Å². The first-order chi connectivity index (χ1) is 19.2. The minimum atomic E-state index is -1.48. The summed E-state index contributed by atoms with van der Waals surface area (Å²) < 4.78 is 36.1. The number of amides is 1. The number of aliphatic imine (C=N–C) groups is 1. The van der Waals surface area contributed by atoms with Crippen LogP contribution in [0.2, 0.25) is 0 Å². The third-order valence-electron chi connectivity index (χ3n) is 5.61. The van der Waals surface area contributed by atoms with E-state index in [1.54, 1.807) is 13.0 Å². The van der Waals surface area contributed by atoms with Crippen LogP contribution in [-0.2, 0) is 4.79 Å². The van der Waals surface area contributed by atoms with Crippen molar-refractivity contribution in [3.8, 4) is 23.0 Å². The Morgan fingerprint density at radius 1 is 0.950 bits per heavy atom. The molecule has 40 heavy (non-hydrogen) atoms. The van der Waals surface area contributed by atoms with Gasteiger partial charge in [-0.2, -0.15) is 4.99 Å². The Balaban J connectivity index is 1.82. The highest BCUT2D eigenvalue weighted by Gasteiger charge is 2.26. The molecule has 1 atom stereocenters. The summed E-state index contributed by atoms with van der Waals surface area (Å²) in [5.74, 6) is -1.83. The minimum absolute atomic E-state index is 0.0445. The summed E-state index contributed by atoms with van der Waals surface area (Å²) in [5.41, 5.74) is 6.83. The van der Waals surface area contributed by atoms with Gasteiger partial charge in [0.2, 0.25) is 0 Å². The number of nitrogens with two attached hydrogens (primary N) is 1. The van der Waals surface area contributed by atoms with Crippen LogP contribution in [-0.4, -0.2) is 62.0 Å². The molecule has 0 aliphatic carbocycles. The van der Waals surface area contributed by atoms with E-state index in [1.807, 2.05) is 0 Å². The topological polar surface area (TPSA) is 162 Å². The molecule has 212 valence electrons. The van der Waals surface area contributed by atoms with Gasteiger partial charge in [-0.1, -0.05) is 0 Å². The maximum absolute atomic E-state index is 15.0. The summed E-state index contributed by atoms with van der Waals surface area (Å²) in [6.45, 7) is 1.57. The quantitative estimate of drug-likeness (QED) is 0.182. The van der Waals surface area contributed by atoms with Crippen LogP contribution in [0.5, 0.6) is 23.0 Å². The number of rotatable bonds is 13. The minimum Gasteiger partial charge on any atom is -0.493 e. The van der Waals surface area contributed by atoms with Crippen LogP contribution in [0.15, 0.2) is 59.6 Å². The van der Waals surface area contributed by atoms with Gasteiger partial charge in [-0.25, -0.2) is 9.18 Å². The number of carboxylic acids is 1. The molecule has 5 N–H and O–H groups in total. The van der Waals surface area contributed by atoms with Crippen molar-refractivity contribution in [1.29, 1.82) is 0 Å². The SMILES string of the molecule is CCOc1cc(C(Nc2ccc(C(N)=NC(=O)c3ccc(OC)c(OC)c3)cc2)C(=O)O)c(F)cc1OCCO. The lowest BCUT2D eigenvalue weighted by Gasteiger charge is -2.20.